The van der Waals surface area contributed by atoms with Gasteiger partial charge in [0.15, 0.2) is 5.82 Å². The smallest absolute Gasteiger partial charge is 0.410 e. The van der Waals surface area contributed by atoms with Crippen LogP contribution in [0.15, 0.2) is 66.9 Å². The second-order valence-corrected chi connectivity index (χ2v) is 11.5. The van der Waals surface area contributed by atoms with Crippen molar-refractivity contribution in [3.63, 3.8) is 0 Å². The van der Waals surface area contributed by atoms with E-state index in [1.807, 2.05) is 42.6 Å². The lowest BCUT2D eigenvalue weighted by molar-refractivity contribution is 0.0696. The highest BCUT2D eigenvalue weighted by Gasteiger charge is 2.31. The van der Waals surface area contributed by atoms with E-state index in [1.54, 1.807) is 24.1 Å². The highest BCUT2D eigenvalue weighted by atomic mass is 16.6. The van der Waals surface area contributed by atoms with E-state index in [0.29, 0.717) is 36.8 Å². The van der Waals surface area contributed by atoms with Crippen LogP contribution >= 0.6 is 0 Å². The normalized spacial score (nSPS) is 16.7. The fourth-order valence-electron chi connectivity index (χ4n) is 6.11. The number of rotatable bonds is 9. The summed E-state index contributed by atoms with van der Waals surface area (Å²) in [4.78, 5) is 36.4. The predicted octanol–water partition coefficient (Wildman–Crippen LogP) is 5.83. The van der Waals surface area contributed by atoms with Crippen LogP contribution in [0.25, 0.3) is 33.6 Å². The van der Waals surface area contributed by atoms with Gasteiger partial charge in [0.05, 0.1) is 23.9 Å². The lowest BCUT2D eigenvalue weighted by Gasteiger charge is -2.19. The number of fused-ring (bicyclic) bond motifs is 2. The largest absolute Gasteiger partial charge is 0.494 e. The van der Waals surface area contributed by atoms with Crippen LogP contribution in [0.5, 0.6) is 5.75 Å². The van der Waals surface area contributed by atoms with E-state index in [2.05, 4.69) is 21.3 Å². The molecule has 1 amide bonds. The molecule has 1 saturated carbocycles. The number of aromatic carboxylic acids is 1. The van der Waals surface area contributed by atoms with Crippen molar-refractivity contribution in [1.29, 1.82) is 0 Å². The van der Waals surface area contributed by atoms with Gasteiger partial charge >= 0.3 is 12.1 Å². The van der Waals surface area contributed by atoms with E-state index in [1.165, 1.54) is 12.8 Å². The first-order chi connectivity index (χ1) is 21.0. The summed E-state index contributed by atoms with van der Waals surface area (Å²) in [6.07, 6.45) is 4.68. The third-order valence-corrected chi connectivity index (χ3v) is 8.49. The summed E-state index contributed by atoms with van der Waals surface area (Å²) in [5.74, 6) is 0.897. The van der Waals surface area contributed by atoms with Crippen molar-refractivity contribution in [3.8, 4) is 17.3 Å². The van der Waals surface area contributed by atoms with Gasteiger partial charge in [0.2, 0.25) is 0 Å². The van der Waals surface area contributed by atoms with Gasteiger partial charge in [0.1, 0.15) is 23.5 Å². The van der Waals surface area contributed by atoms with Crippen molar-refractivity contribution < 1.29 is 24.2 Å². The molecule has 2 aromatic carbocycles. The Morgan fingerprint density at radius 1 is 0.977 bits per heavy atom. The first-order valence-electron chi connectivity index (χ1n) is 14.7. The van der Waals surface area contributed by atoms with Gasteiger partial charge in [-0.25, -0.2) is 19.6 Å². The van der Waals surface area contributed by atoms with Gasteiger partial charge in [-0.05, 0) is 67.0 Å². The minimum atomic E-state index is -1.04. The summed E-state index contributed by atoms with van der Waals surface area (Å²) < 4.78 is 15.7. The molecule has 43 heavy (non-hydrogen) atoms. The standard InChI is InChI=1S/C33H33N5O5/c1-42-28-16-25(32(39)40)14-26-29(28)38(19-23-11-13-36(17-23)33(41)43-20-22-6-3-2-4-7-22)31(35-26)27-15-24-8-5-12-34-30(24)37(27)18-21-9-10-21/h2-8,12,14-16,21,23H,9-11,13,17-20H2,1H3,(H,39,40)/t23-/m0/s1. The first-order valence-corrected chi connectivity index (χ1v) is 14.7. The molecular formula is C33H33N5O5. The Hall–Kier alpha value is -4.86. The number of aromatic nitrogens is 4. The van der Waals surface area contributed by atoms with Crippen molar-refractivity contribution in [2.75, 3.05) is 20.2 Å². The van der Waals surface area contributed by atoms with E-state index >= 15 is 0 Å². The fourth-order valence-corrected chi connectivity index (χ4v) is 6.11. The highest BCUT2D eigenvalue weighted by molar-refractivity contribution is 5.96. The van der Waals surface area contributed by atoms with Crippen LogP contribution in [0.3, 0.4) is 0 Å². The molecule has 7 rings (SSSR count). The molecule has 0 unspecified atom stereocenters. The van der Waals surface area contributed by atoms with Gasteiger partial charge < -0.3 is 28.6 Å². The molecule has 0 spiro atoms. The molecule has 0 bridgehead atoms. The molecule has 4 heterocycles. The molecule has 1 N–H and O–H groups in total. The zero-order chi connectivity index (χ0) is 29.5. The van der Waals surface area contributed by atoms with Crippen LogP contribution in [0.2, 0.25) is 0 Å². The molecule has 0 radical (unpaired) electrons. The second-order valence-electron chi connectivity index (χ2n) is 11.5. The minimum Gasteiger partial charge on any atom is -0.494 e. The Morgan fingerprint density at radius 3 is 2.56 bits per heavy atom. The van der Waals surface area contributed by atoms with E-state index in [0.717, 1.165) is 46.6 Å². The van der Waals surface area contributed by atoms with Crippen LogP contribution in [0.1, 0.15) is 35.2 Å². The van der Waals surface area contributed by atoms with Gasteiger partial charge in [-0.3, -0.25) is 0 Å². The number of ether oxygens (including phenoxy) is 2. The van der Waals surface area contributed by atoms with E-state index < -0.39 is 5.97 Å². The molecule has 2 fully saturated rings. The van der Waals surface area contributed by atoms with E-state index in [-0.39, 0.29) is 24.2 Å². The summed E-state index contributed by atoms with van der Waals surface area (Å²) >= 11 is 0. The summed E-state index contributed by atoms with van der Waals surface area (Å²) in [5, 5.41) is 10.8. The molecule has 1 saturated heterocycles. The maximum absolute atomic E-state index is 12.9. The van der Waals surface area contributed by atoms with Crippen LogP contribution < -0.4 is 4.74 Å². The van der Waals surface area contributed by atoms with Crippen LogP contribution in [-0.4, -0.2) is 61.4 Å². The Kier molecular flexibility index (Phi) is 6.96. The maximum atomic E-state index is 12.9. The number of methoxy groups -OCH3 is 1. The van der Waals surface area contributed by atoms with E-state index in [4.69, 9.17) is 19.4 Å². The maximum Gasteiger partial charge on any atom is 0.410 e. The number of hydrogen-bond acceptors (Lipinski definition) is 6. The third kappa shape index (κ3) is 5.29. The zero-order valence-electron chi connectivity index (χ0n) is 24.0. The number of nitrogens with zero attached hydrogens (tertiary/aromatic N) is 5. The number of carbonyl (C=O) groups excluding carboxylic acids is 1. The Balaban J connectivity index is 1.25. The summed E-state index contributed by atoms with van der Waals surface area (Å²) in [6.45, 7) is 2.82. The second kappa shape index (κ2) is 11.1. The minimum absolute atomic E-state index is 0.119. The molecule has 1 atom stereocenters. The van der Waals surface area contributed by atoms with Gasteiger partial charge in [0.25, 0.3) is 0 Å². The molecule has 1 aliphatic carbocycles. The zero-order valence-corrected chi connectivity index (χ0v) is 24.0. The topological polar surface area (TPSA) is 112 Å². The number of benzene rings is 2. The molecule has 3 aromatic heterocycles. The van der Waals surface area contributed by atoms with E-state index in [9.17, 15) is 14.7 Å². The number of carboxylic acids is 1. The SMILES string of the molecule is COc1cc(C(=O)O)cc2nc(-c3cc4cccnc4n3CC3CC3)n(C[C@H]3CCN(C(=O)OCc4ccccc4)C3)c12. The van der Waals surface area contributed by atoms with Crippen molar-refractivity contribution in [3.05, 3.63) is 78.0 Å². The number of hydrogen-bond donors (Lipinski definition) is 1. The average Bonchev–Trinajstić information content (AvgIpc) is 3.43. The average molecular weight is 580 g/mol. The lowest BCUT2D eigenvalue weighted by Crippen LogP contribution is -2.29. The molecule has 5 aromatic rings. The Labute approximate surface area is 248 Å². The predicted molar refractivity (Wildman–Crippen MR) is 161 cm³/mol. The number of carbonyl (C=O) groups is 2. The number of carboxylic acid groups (broad SMARTS) is 1. The van der Waals surface area contributed by atoms with Gasteiger partial charge in [-0.1, -0.05) is 30.3 Å². The van der Waals surface area contributed by atoms with Gasteiger partial charge in [-0.2, -0.15) is 0 Å². The fraction of sp³-hybridized carbons (Fsp3) is 0.333. The summed E-state index contributed by atoms with van der Waals surface area (Å²) in [7, 11) is 1.55. The van der Waals surface area contributed by atoms with Crippen molar-refractivity contribution in [1.82, 2.24) is 24.0 Å². The van der Waals surface area contributed by atoms with Gasteiger partial charge in [0, 0.05) is 37.8 Å². The van der Waals surface area contributed by atoms with Gasteiger partial charge in [-0.15, -0.1) is 0 Å². The molecule has 10 heteroatoms. The first kappa shape index (κ1) is 27.0. The third-order valence-electron chi connectivity index (χ3n) is 8.49. The molecule has 220 valence electrons. The molecule has 10 nitrogen and oxygen atoms in total. The monoisotopic (exact) mass is 579 g/mol. The van der Waals surface area contributed by atoms with Crippen molar-refractivity contribution in [2.45, 2.75) is 39.0 Å². The molecule has 2 aliphatic rings. The van der Waals surface area contributed by atoms with Crippen LogP contribution in [-0.2, 0) is 24.4 Å². The highest BCUT2D eigenvalue weighted by Crippen LogP contribution is 2.38. The number of imidazole rings is 1. The van der Waals surface area contributed by atoms with Crippen LogP contribution in [0, 0.1) is 11.8 Å². The number of likely N-dealkylation sites (tertiary alicyclic amines) is 1. The summed E-state index contributed by atoms with van der Waals surface area (Å²) in [5.41, 5.74) is 4.21. The summed E-state index contributed by atoms with van der Waals surface area (Å²) in [6, 6.07) is 18.9. The number of amides is 1. The van der Waals surface area contributed by atoms with Crippen molar-refractivity contribution >= 4 is 34.1 Å². The van der Waals surface area contributed by atoms with Crippen molar-refractivity contribution in [2.24, 2.45) is 11.8 Å². The number of pyridine rings is 1. The molecule has 1 aliphatic heterocycles. The lowest BCUT2D eigenvalue weighted by atomic mass is 10.1. The molecular weight excluding hydrogens is 546 g/mol. The Bertz CT molecular complexity index is 1820. The Morgan fingerprint density at radius 2 is 1.79 bits per heavy atom. The quantitative estimate of drug-likeness (QED) is 0.234. The van der Waals surface area contributed by atoms with Crippen LogP contribution in [0.4, 0.5) is 4.79 Å².